The van der Waals surface area contributed by atoms with Crippen LogP contribution in [-0.4, -0.2) is 79.0 Å². The lowest BCUT2D eigenvalue weighted by Crippen LogP contribution is -2.31. The third kappa shape index (κ3) is 17.4. The molecule has 8 nitrogen and oxygen atoms in total. The van der Waals surface area contributed by atoms with Gasteiger partial charge in [-0.1, -0.05) is 38.8 Å². The molecule has 2 N–H and O–H groups in total. The summed E-state index contributed by atoms with van der Waals surface area (Å²) in [4.78, 5) is 14.2. The molecule has 1 atom stereocenters. The first kappa shape index (κ1) is 33.9. The fourth-order valence-corrected chi connectivity index (χ4v) is 3.74. The van der Waals surface area contributed by atoms with E-state index in [1.807, 2.05) is 19.1 Å². The smallest absolute Gasteiger partial charge is 0.306 e. The van der Waals surface area contributed by atoms with Gasteiger partial charge in [0, 0.05) is 38.0 Å². The lowest BCUT2D eigenvalue weighted by molar-refractivity contribution is -0.146. The Balaban J connectivity index is 2.16. The van der Waals surface area contributed by atoms with Gasteiger partial charge in [0.15, 0.2) is 0 Å². The molecule has 0 heterocycles. The number of carbonyl (C=O) groups excluding carboxylic acids is 1. The Kier molecular flexibility index (Phi) is 20.4. The number of nitrogens with two attached hydrogens (primary N) is 1. The zero-order chi connectivity index (χ0) is 27.8. The molecule has 1 unspecified atom stereocenters. The van der Waals surface area contributed by atoms with Gasteiger partial charge in [-0.05, 0) is 55.9 Å². The van der Waals surface area contributed by atoms with Gasteiger partial charge in [0.2, 0.25) is 0 Å². The normalized spacial score (nSPS) is 12.2. The molecule has 0 amide bonds. The fourth-order valence-electron chi connectivity index (χ4n) is 3.74. The van der Waals surface area contributed by atoms with Crippen LogP contribution in [0.15, 0.2) is 30.4 Å². The summed E-state index contributed by atoms with van der Waals surface area (Å²) in [5, 5.41) is 0. The summed E-state index contributed by atoms with van der Waals surface area (Å²) in [6.07, 6.45) is 10.6. The Morgan fingerprint density at radius 2 is 1.61 bits per heavy atom. The minimum absolute atomic E-state index is 0.166. The average Bonchev–Trinajstić information content (AvgIpc) is 2.90. The van der Waals surface area contributed by atoms with E-state index in [1.54, 1.807) is 7.11 Å². The first-order chi connectivity index (χ1) is 18.5. The fraction of sp³-hybridized carbons (Fsp3) is 0.700. The van der Waals surface area contributed by atoms with Gasteiger partial charge in [-0.25, -0.2) is 0 Å². The number of rotatable bonds is 24. The molecule has 1 aromatic rings. The molecule has 0 spiro atoms. The van der Waals surface area contributed by atoms with Gasteiger partial charge in [0.25, 0.3) is 0 Å². The van der Waals surface area contributed by atoms with Crippen LogP contribution in [-0.2, 0) is 28.5 Å². The first-order valence-electron chi connectivity index (χ1n) is 14.1. The second kappa shape index (κ2) is 22.8. The molecule has 218 valence electrons. The number of anilines is 2. The van der Waals surface area contributed by atoms with E-state index < -0.39 is 0 Å². The van der Waals surface area contributed by atoms with E-state index in [1.165, 1.54) is 19.3 Å². The predicted octanol–water partition coefficient (Wildman–Crippen LogP) is 5.18. The Morgan fingerprint density at radius 3 is 2.26 bits per heavy atom. The van der Waals surface area contributed by atoms with Gasteiger partial charge < -0.3 is 34.3 Å². The minimum atomic E-state index is -0.166. The molecular weight excluding hydrogens is 484 g/mol. The number of methoxy groups -OCH3 is 1. The summed E-state index contributed by atoms with van der Waals surface area (Å²) in [5.74, 6) is 0.119. The van der Waals surface area contributed by atoms with Crippen molar-refractivity contribution in [3.8, 4) is 0 Å². The lowest BCUT2D eigenvalue weighted by atomic mass is 10.0. The number of hydrogen-bond donors (Lipinski definition) is 1. The number of unbranched alkanes of at least 4 members (excludes halogenated alkanes) is 3. The maximum atomic E-state index is 12.0. The van der Waals surface area contributed by atoms with Crippen molar-refractivity contribution in [1.29, 1.82) is 0 Å². The maximum Gasteiger partial charge on any atom is 0.306 e. The van der Waals surface area contributed by atoms with E-state index in [0.29, 0.717) is 52.7 Å². The second-order valence-corrected chi connectivity index (χ2v) is 9.59. The summed E-state index contributed by atoms with van der Waals surface area (Å²) in [7, 11) is 1.66. The quantitative estimate of drug-likeness (QED) is 0.0837. The van der Waals surface area contributed by atoms with Crippen LogP contribution in [0, 0.1) is 12.8 Å². The van der Waals surface area contributed by atoms with Crippen molar-refractivity contribution in [2.75, 3.05) is 83.7 Å². The van der Waals surface area contributed by atoms with Gasteiger partial charge in [-0.2, -0.15) is 0 Å². The van der Waals surface area contributed by atoms with E-state index in [4.69, 9.17) is 29.4 Å². The lowest BCUT2D eigenvalue weighted by Gasteiger charge is -2.25. The van der Waals surface area contributed by atoms with Crippen LogP contribution in [0.25, 0.3) is 0 Å². The average molecular weight is 537 g/mol. The van der Waals surface area contributed by atoms with Gasteiger partial charge in [-0.3, -0.25) is 4.79 Å². The monoisotopic (exact) mass is 536 g/mol. The topological polar surface area (TPSA) is 92.5 Å². The van der Waals surface area contributed by atoms with Crippen molar-refractivity contribution < 1.29 is 28.5 Å². The van der Waals surface area contributed by atoms with Crippen molar-refractivity contribution in [2.24, 2.45) is 5.92 Å². The molecule has 0 saturated carbocycles. The van der Waals surface area contributed by atoms with Crippen LogP contribution < -0.4 is 10.6 Å². The van der Waals surface area contributed by atoms with Gasteiger partial charge >= 0.3 is 5.97 Å². The van der Waals surface area contributed by atoms with Crippen LogP contribution in [0.5, 0.6) is 0 Å². The number of aryl methyl sites for hydroxylation is 1. The molecule has 38 heavy (non-hydrogen) atoms. The van der Waals surface area contributed by atoms with Crippen molar-refractivity contribution in [3.63, 3.8) is 0 Å². The van der Waals surface area contributed by atoms with E-state index in [-0.39, 0.29) is 18.5 Å². The molecular formula is C30H52N2O6. The summed E-state index contributed by atoms with van der Waals surface area (Å²) in [6, 6.07) is 6.03. The number of benzene rings is 1. The van der Waals surface area contributed by atoms with E-state index in [9.17, 15) is 4.79 Å². The molecule has 0 saturated heterocycles. The van der Waals surface area contributed by atoms with Crippen LogP contribution in [0.4, 0.5) is 11.4 Å². The van der Waals surface area contributed by atoms with Crippen molar-refractivity contribution in [2.45, 2.75) is 59.3 Å². The number of esters is 1. The molecule has 0 aromatic heterocycles. The highest BCUT2D eigenvalue weighted by Gasteiger charge is 2.10. The van der Waals surface area contributed by atoms with Crippen LogP contribution in [0.1, 0.15) is 57.9 Å². The molecule has 1 rings (SSSR count). The number of ether oxygens (including phenoxy) is 5. The number of nitrogens with zero attached hydrogens (tertiary/aromatic N) is 1. The summed E-state index contributed by atoms with van der Waals surface area (Å²) in [5.41, 5.74) is 8.90. The van der Waals surface area contributed by atoms with E-state index in [2.05, 4.69) is 37.0 Å². The molecule has 1 aromatic carbocycles. The highest BCUT2D eigenvalue weighted by molar-refractivity contribution is 5.69. The highest BCUT2D eigenvalue weighted by Crippen LogP contribution is 2.20. The SMILES string of the molecule is CCCCC/C=C/CC(C)CC(=O)OCCOCCOCCN(CCOCCOC)c1ccc(N)c(C)c1. The molecule has 0 radical (unpaired) electrons. The predicted molar refractivity (Wildman–Crippen MR) is 155 cm³/mol. The standard InChI is InChI=1S/C30H52N2O6/c1-5-6-7-8-9-10-11-26(2)24-30(33)38-23-22-37-21-20-36-17-15-32(14-16-35-19-18-34-4)28-12-13-29(31)27(3)25-28/h9-10,12-13,25-26H,5-8,11,14-24,31H2,1-4H3/b10-9+. The second-order valence-electron chi connectivity index (χ2n) is 9.59. The third-order valence-electron chi connectivity index (χ3n) is 6.12. The molecule has 8 heteroatoms. The Labute approximate surface area is 230 Å². The Hall–Kier alpha value is -2.13. The molecule has 0 fully saturated rings. The van der Waals surface area contributed by atoms with Crippen molar-refractivity contribution in [1.82, 2.24) is 0 Å². The molecule has 0 bridgehead atoms. The zero-order valence-corrected chi connectivity index (χ0v) is 24.3. The van der Waals surface area contributed by atoms with Crippen LogP contribution >= 0.6 is 0 Å². The first-order valence-corrected chi connectivity index (χ1v) is 14.1. The van der Waals surface area contributed by atoms with Gasteiger partial charge in [0.1, 0.15) is 6.61 Å². The third-order valence-corrected chi connectivity index (χ3v) is 6.12. The van der Waals surface area contributed by atoms with Gasteiger partial charge in [-0.15, -0.1) is 0 Å². The van der Waals surface area contributed by atoms with E-state index in [0.717, 1.165) is 42.9 Å². The molecule has 0 aliphatic carbocycles. The maximum absolute atomic E-state index is 12.0. The Bertz CT molecular complexity index is 758. The number of nitrogen functional groups attached to an aromatic ring is 1. The highest BCUT2D eigenvalue weighted by atomic mass is 16.6. The summed E-state index contributed by atoms with van der Waals surface area (Å²) in [6.45, 7) is 11.7. The minimum Gasteiger partial charge on any atom is -0.463 e. The van der Waals surface area contributed by atoms with E-state index >= 15 is 0 Å². The molecule has 0 aliphatic heterocycles. The number of carbonyl (C=O) groups is 1. The zero-order valence-electron chi connectivity index (χ0n) is 24.3. The molecule has 0 aliphatic rings. The Morgan fingerprint density at radius 1 is 0.947 bits per heavy atom. The van der Waals surface area contributed by atoms with Crippen molar-refractivity contribution >= 4 is 17.3 Å². The summed E-state index contributed by atoms with van der Waals surface area (Å²) >= 11 is 0. The summed E-state index contributed by atoms with van der Waals surface area (Å²) < 4.78 is 27.3. The van der Waals surface area contributed by atoms with Crippen LogP contribution in [0.3, 0.4) is 0 Å². The largest absolute Gasteiger partial charge is 0.463 e. The number of hydrogen-bond acceptors (Lipinski definition) is 8. The van der Waals surface area contributed by atoms with Crippen LogP contribution in [0.2, 0.25) is 0 Å². The van der Waals surface area contributed by atoms with Gasteiger partial charge in [0.05, 0.1) is 46.2 Å². The van der Waals surface area contributed by atoms with Crippen molar-refractivity contribution in [3.05, 3.63) is 35.9 Å². The number of allylic oxidation sites excluding steroid dienone is 2.